The summed E-state index contributed by atoms with van der Waals surface area (Å²) in [4.78, 5) is 24.4. The molecule has 0 aliphatic rings. The highest BCUT2D eigenvalue weighted by Crippen LogP contribution is 2.20. The molecule has 1 amide bonds. The molecule has 126 valence electrons. The third-order valence-electron chi connectivity index (χ3n) is 3.61. The molecular formula is C19H21NO3S. The van der Waals surface area contributed by atoms with Crippen LogP contribution in [0.5, 0.6) is 0 Å². The van der Waals surface area contributed by atoms with Crippen LogP contribution in [-0.4, -0.2) is 22.7 Å². The molecule has 2 aromatic carbocycles. The van der Waals surface area contributed by atoms with Crippen molar-refractivity contribution in [1.29, 1.82) is 0 Å². The van der Waals surface area contributed by atoms with Crippen molar-refractivity contribution in [3.63, 3.8) is 0 Å². The summed E-state index contributed by atoms with van der Waals surface area (Å²) in [5.74, 6) is -0.0890. The Morgan fingerprint density at radius 3 is 2.50 bits per heavy atom. The van der Waals surface area contributed by atoms with Gasteiger partial charge in [-0.25, -0.2) is 4.79 Å². The molecule has 2 N–H and O–H groups in total. The summed E-state index contributed by atoms with van der Waals surface area (Å²) >= 11 is 1.78. The lowest BCUT2D eigenvalue weighted by molar-refractivity contribution is -0.121. The van der Waals surface area contributed by atoms with E-state index in [0.717, 1.165) is 11.3 Å². The second-order valence-corrected chi connectivity index (χ2v) is 6.81. The number of carboxylic acids is 1. The molecule has 2 aromatic rings. The first-order valence-electron chi connectivity index (χ1n) is 7.84. The summed E-state index contributed by atoms with van der Waals surface area (Å²) in [6, 6.07) is 14.5. The molecule has 0 aromatic heterocycles. The predicted octanol–water partition coefficient (Wildman–Crippen LogP) is 3.92. The number of hydrogen-bond donors (Lipinski definition) is 2. The van der Waals surface area contributed by atoms with Crippen molar-refractivity contribution in [1.82, 2.24) is 5.32 Å². The molecule has 1 atom stereocenters. The van der Waals surface area contributed by atoms with Crippen LogP contribution >= 0.6 is 11.8 Å². The van der Waals surface area contributed by atoms with Gasteiger partial charge in [0.2, 0.25) is 5.91 Å². The molecule has 0 spiro atoms. The van der Waals surface area contributed by atoms with Gasteiger partial charge in [-0.1, -0.05) is 31.2 Å². The van der Waals surface area contributed by atoms with Gasteiger partial charge in [-0.2, -0.15) is 0 Å². The topological polar surface area (TPSA) is 66.4 Å². The van der Waals surface area contributed by atoms with Gasteiger partial charge in [0.1, 0.15) is 0 Å². The Morgan fingerprint density at radius 1 is 1.17 bits per heavy atom. The third-order valence-corrected chi connectivity index (χ3v) is 4.50. The van der Waals surface area contributed by atoms with Crippen molar-refractivity contribution >= 4 is 23.6 Å². The van der Waals surface area contributed by atoms with Crippen LogP contribution in [0.4, 0.5) is 0 Å². The lowest BCUT2D eigenvalue weighted by Gasteiger charge is -2.15. The quantitative estimate of drug-likeness (QED) is 0.748. The standard InChI is InChI=1S/C19H21NO3S/c1-3-24-17-9-7-15(8-10-17)13(2)20-18(21)12-14-5-4-6-16(11-14)19(22)23/h4-11,13H,3,12H2,1-2H3,(H,20,21)(H,22,23). The molecule has 1 unspecified atom stereocenters. The van der Waals surface area contributed by atoms with E-state index < -0.39 is 5.97 Å². The summed E-state index contributed by atoms with van der Waals surface area (Å²) in [6.45, 7) is 4.05. The zero-order valence-electron chi connectivity index (χ0n) is 13.8. The first kappa shape index (κ1) is 18.1. The summed E-state index contributed by atoms with van der Waals surface area (Å²) in [6.07, 6.45) is 0.162. The van der Waals surface area contributed by atoms with Crippen LogP contribution in [0.1, 0.15) is 41.4 Å². The highest BCUT2D eigenvalue weighted by molar-refractivity contribution is 7.99. The van der Waals surface area contributed by atoms with Gasteiger partial charge in [0.15, 0.2) is 0 Å². The fraction of sp³-hybridized carbons (Fsp3) is 0.263. The number of aromatic carboxylic acids is 1. The van der Waals surface area contributed by atoms with Gasteiger partial charge in [-0.3, -0.25) is 4.79 Å². The zero-order chi connectivity index (χ0) is 17.5. The van der Waals surface area contributed by atoms with Gasteiger partial charge in [-0.15, -0.1) is 11.8 Å². The van der Waals surface area contributed by atoms with Crippen molar-refractivity contribution in [2.24, 2.45) is 0 Å². The van der Waals surface area contributed by atoms with E-state index in [2.05, 4.69) is 24.4 Å². The Morgan fingerprint density at radius 2 is 1.88 bits per heavy atom. The Kier molecular flexibility index (Phi) is 6.44. The molecular weight excluding hydrogens is 322 g/mol. The third kappa shape index (κ3) is 5.13. The van der Waals surface area contributed by atoms with Crippen molar-refractivity contribution in [2.45, 2.75) is 31.2 Å². The molecule has 0 saturated heterocycles. The van der Waals surface area contributed by atoms with E-state index in [1.165, 1.54) is 17.0 Å². The number of nitrogens with one attached hydrogen (secondary N) is 1. The number of thioether (sulfide) groups is 1. The van der Waals surface area contributed by atoms with E-state index in [1.807, 2.05) is 19.1 Å². The maximum atomic E-state index is 12.2. The predicted molar refractivity (Wildman–Crippen MR) is 96.5 cm³/mol. The number of carbonyl (C=O) groups is 2. The van der Waals surface area contributed by atoms with Crippen molar-refractivity contribution < 1.29 is 14.7 Å². The molecule has 2 rings (SSSR count). The van der Waals surface area contributed by atoms with Crippen LogP contribution in [0.15, 0.2) is 53.4 Å². The summed E-state index contributed by atoms with van der Waals surface area (Å²) in [5, 5.41) is 11.9. The minimum atomic E-state index is -0.990. The molecule has 0 bridgehead atoms. The van der Waals surface area contributed by atoms with E-state index >= 15 is 0 Å². The molecule has 4 nitrogen and oxygen atoms in total. The van der Waals surface area contributed by atoms with Gasteiger partial charge < -0.3 is 10.4 Å². The van der Waals surface area contributed by atoms with Crippen molar-refractivity contribution in [2.75, 3.05) is 5.75 Å². The van der Waals surface area contributed by atoms with Gasteiger partial charge >= 0.3 is 5.97 Å². The Hall–Kier alpha value is -2.27. The second kappa shape index (κ2) is 8.55. The summed E-state index contributed by atoms with van der Waals surface area (Å²) < 4.78 is 0. The molecule has 0 heterocycles. The molecule has 0 radical (unpaired) electrons. The van der Waals surface area contributed by atoms with E-state index in [0.29, 0.717) is 5.56 Å². The van der Waals surface area contributed by atoms with Crippen LogP contribution < -0.4 is 5.32 Å². The van der Waals surface area contributed by atoms with E-state index in [1.54, 1.807) is 23.9 Å². The first-order valence-corrected chi connectivity index (χ1v) is 8.82. The highest BCUT2D eigenvalue weighted by Gasteiger charge is 2.11. The van der Waals surface area contributed by atoms with Gasteiger partial charge in [0.05, 0.1) is 18.0 Å². The number of rotatable bonds is 7. The van der Waals surface area contributed by atoms with Gasteiger partial charge in [0.25, 0.3) is 0 Å². The van der Waals surface area contributed by atoms with Crippen LogP contribution in [0.3, 0.4) is 0 Å². The van der Waals surface area contributed by atoms with E-state index in [-0.39, 0.29) is 23.9 Å². The maximum absolute atomic E-state index is 12.2. The van der Waals surface area contributed by atoms with Crippen molar-refractivity contribution in [3.8, 4) is 0 Å². The average Bonchev–Trinajstić information content (AvgIpc) is 2.55. The molecule has 5 heteroatoms. The monoisotopic (exact) mass is 343 g/mol. The number of carbonyl (C=O) groups excluding carboxylic acids is 1. The lowest BCUT2D eigenvalue weighted by atomic mass is 10.1. The smallest absolute Gasteiger partial charge is 0.335 e. The van der Waals surface area contributed by atoms with Crippen LogP contribution in [0, 0.1) is 0 Å². The van der Waals surface area contributed by atoms with Gasteiger partial charge in [0, 0.05) is 4.90 Å². The normalized spacial score (nSPS) is 11.8. The number of carboxylic acid groups (broad SMARTS) is 1. The molecule has 0 fully saturated rings. The minimum Gasteiger partial charge on any atom is -0.478 e. The molecule has 0 aliphatic carbocycles. The fourth-order valence-corrected chi connectivity index (χ4v) is 3.06. The lowest BCUT2D eigenvalue weighted by Crippen LogP contribution is -2.28. The van der Waals surface area contributed by atoms with Gasteiger partial charge in [-0.05, 0) is 48.1 Å². The fourth-order valence-electron chi connectivity index (χ4n) is 2.39. The number of hydrogen-bond acceptors (Lipinski definition) is 3. The van der Waals surface area contributed by atoms with Crippen LogP contribution in [0.25, 0.3) is 0 Å². The highest BCUT2D eigenvalue weighted by atomic mass is 32.2. The summed E-state index contributed by atoms with van der Waals surface area (Å²) in [7, 11) is 0. The number of amides is 1. The van der Waals surface area contributed by atoms with E-state index in [4.69, 9.17) is 5.11 Å². The van der Waals surface area contributed by atoms with Crippen LogP contribution in [-0.2, 0) is 11.2 Å². The van der Waals surface area contributed by atoms with Crippen molar-refractivity contribution in [3.05, 3.63) is 65.2 Å². The number of benzene rings is 2. The first-order chi connectivity index (χ1) is 11.5. The Labute approximate surface area is 146 Å². The van der Waals surface area contributed by atoms with Crippen LogP contribution in [0.2, 0.25) is 0 Å². The molecule has 24 heavy (non-hydrogen) atoms. The minimum absolute atomic E-state index is 0.0965. The SMILES string of the molecule is CCSc1ccc(C(C)NC(=O)Cc2cccc(C(=O)O)c2)cc1. The Bertz CT molecular complexity index is 713. The molecule has 0 aliphatic heterocycles. The maximum Gasteiger partial charge on any atom is 0.335 e. The zero-order valence-corrected chi connectivity index (χ0v) is 14.6. The average molecular weight is 343 g/mol. The summed E-state index contributed by atoms with van der Waals surface area (Å²) in [5.41, 5.74) is 1.93. The Balaban J connectivity index is 1.96. The molecule has 0 saturated carbocycles. The second-order valence-electron chi connectivity index (χ2n) is 5.47. The largest absolute Gasteiger partial charge is 0.478 e. The van der Waals surface area contributed by atoms with E-state index in [9.17, 15) is 9.59 Å².